The number of aryl methyl sites for hydroxylation is 1. The Morgan fingerprint density at radius 3 is 2.25 bits per heavy atom. The molecule has 2 aromatic carbocycles. The number of allylic oxidation sites excluding steroid dienone is 1. The Balaban J connectivity index is 2.06. The summed E-state index contributed by atoms with van der Waals surface area (Å²) in [4.78, 5) is 24.0. The number of carbonyl (C=O) groups excluding carboxylic acids is 2. The molecule has 24 heavy (non-hydrogen) atoms. The molecular formula is C20H22N2O2. The molecule has 0 bridgehead atoms. The van der Waals surface area contributed by atoms with E-state index < -0.39 is 0 Å². The van der Waals surface area contributed by atoms with Crippen molar-refractivity contribution in [1.82, 2.24) is 0 Å². The van der Waals surface area contributed by atoms with E-state index in [4.69, 9.17) is 0 Å². The van der Waals surface area contributed by atoms with Crippen LogP contribution in [0.5, 0.6) is 0 Å². The first kappa shape index (κ1) is 17.5. The summed E-state index contributed by atoms with van der Waals surface area (Å²) in [5, 5.41) is 5.69. The van der Waals surface area contributed by atoms with Crippen LogP contribution >= 0.6 is 0 Å². The topological polar surface area (TPSA) is 58.2 Å². The van der Waals surface area contributed by atoms with Crippen LogP contribution in [0.2, 0.25) is 0 Å². The summed E-state index contributed by atoms with van der Waals surface area (Å²) in [6.45, 7) is 5.78. The number of hydrogen-bond donors (Lipinski definition) is 2. The molecule has 0 atom stereocenters. The number of benzene rings is 2. The fourth-order valence-corrected chi connectivity index (χ4v) is 2.29. The van der Waals surface area contributed by atoms with Crippen molar-refractivity contribution < 1.29 is 9.59 Å². The molecule has 4 nitrogen and oxygen atoms in total. The number of amides is 2. The Morgan fingerprint density at radius 1 is 0.958 bits per heavy atom. The van der Waals surface area contributed by atoms with Gasteiger partial charge in [0.05, 0.1) is 0 Å². The molecule has 2 aromatic rings. The first-order valence-electron chi connectivity index (χ1n) is 7.94. The molecule has 0 saturated heterocycles. The molecule has 2 rings (SSSR count). The van der Waals surface area contributed by atoms with Gasteiger partial charge in [0.2, 0.25) is 5.91 Å². The number of rotatable bonds is 5. The van der Waals surface area contributed by atoms with Gasteiger partial charge in [0.15, 0.2) is 0 Å². The van der Waals surface area contributed by atoms with Gasteiger partial charge in [-0.25, -0.2) is 0 Å². The van der Waals surface area contributed by atoms with Gasteiger partial charge in [0.25, 0.3) is 5.91 Å². The highest BCUT2D eigenvalue weighted by Gasteiger charge is 2.08. The zero-order chi connectivity index (χ0) is 17.5. The van der Waals surface area contributed by atoms with Crippen LogP contribution in [0, 0.1) is 0 Å². The summed E-state index contributed by atoms with van der Waals surface area (Å²) in [7, 11) is 0. The Morgan fingerprint density at radius 2 is 1.62 bits per heavy atom. The number of carbonyl (C=O) groups is 2. The van der Waals surface area contributed by atoms with Gasteiger partial charge in [-0.2, -0.15) is 0 Å². The van der Waals surface area contributed by atoms with Crippen LogP contribution < -0.4 is 10.6 Å². The number of anilines is 2. The summed E-state index contributed by atoms with van der Waals surface area (Å²) < 4.78 is 0. The van der Waals surface area contributed by atoms with Gasteiger partial charge >= 0.3 is 0 Å². The van der Waals surface area contributed by atoms with E-state index in [0.29, 0.717) is 11.3 Å². The smallest absolute Gasteiger partial charge is 0.255 e. The third-order valence-electron chi connectivity index (χ3n) is 3.48. The fourth-order valence-electron chi connectivity index (χ4n) is 2.29. The van der Waals surface area contributed by atoms with E-state index in [9.17, 15) is 9.59 Å². The van der Waals surface area contributed by atoms with E-state index in [0.717, 1.165) is 23.2 Å². The van der Waals surface area contributed by atoms with Crippen molar-refractivity contribution >= 4 is 23.2 Å². The molecular weight excluding hydrogens is 300 g/mol. The van der Waals surface area contributed by atoms with Gasteiger partial charge in [-0.15, -0.1) is 0 Å². The average molecular weight is 322 g/mol. The van der Waals surface area contributed by atoms with Crippen LogP contribution in [0.3, 0.4) is 0 Å². The molecule has 4 heteroatoms. The van der Waals surface area contributed by atoms with Gasteiger partial charge in [-0.3, -0.25) is 9.59 Å². The van der Waals surface area contributed by atoms with E-state index in [1.165, 1.54) is 6.08 Å². The lowest BCUT2D eigenvalue weighted by Gasteiger charge is -2.10. The number of nitrogens with one attached hydrogen (secondary N) is 2. The maximum atomic E-state index is 12.4. The predicted octanol–water partition coefficient (Wildman–Crippen LogP) is 4.41. The van der Waals surface area contributed by atoms with Crippen molar-refractivity contribution in [3.8, 4) is 0 Å². The summed E-state index contributed by atoms with van der Waals surface area (Å²) >= 11 is 0. The molecule has 0 aliphatic heterocycles. The molecule has 0 saturated carbocycles. The van der Waals surface area contributed by atoms with E-state index in [1.54, 1.807) is 24.3 Å². The van der Waals surface area contributed by atoms with Gasteiger partial charge in [-0.1, -0.05) is 30.7 Å². The first-order valence-corrected chi connectivity index (χ1v) is 7.94. The zero-order valence-corrected chi connectivity index (χ0v) is 14.2. The molecule has 0 unspecified atom stereocenters. The third kappa shape index (κ3) is 4.81. The van der Waals surface area contributed by atoms with E-state index in [2.05, 4.69) is 17.6 Å². The first-order chi connectivity index (χ1) is 11.5. The molecule has 0 heterocycles. The molecule has 2 N–H and O–H groups in total. The molecule has 0 spiro atoms. The Hall–Kier alpha value is -2.88. The van der Waals surface area contributed by atoms with E-state index in [1.807, 2.05) is 38.1 Å². The van der Waals surface area contributed by atoms with Crippen molar-refractivity contribution in [2.75, 3.05) is 10.6 Å². The lowest BCUT2D eigenvalue weighted by atomic mass is 10.1. The minimum Gasteiger partial charge on any atom is -0.323 e. The monoisotopic (exact) mass is 322 g/mol. The third-order valence-corrected chi connectivity index (χ3v) is 3.48. The minimum absolute atomic E-state index is 0.168. The van der Waals surface area contributed by atoms with Crippen molar-refractivity contribution in [3.05, 3.63) is 71.3 Å². The van der Waals surface area contributed by atoms with Crippen molar-refractivity contribution in [2.24, 2.45) is 0 Å². The molecule has 0 aliphatic carbocycles. The lowest BCUT2D eigenvalue weighted by Crippen LogP contribution is -2.13. The molecule has 124 valence electrons. The summed E-state index contributed by atoms with van der Waals surface area (Å²) in [5.74, 6) is -0.345. The molecule has 2 amide bonds. The highest BCUT2D eigenvalue weighted by Crippen LogP contribution is 2.17. The Kier molecular flexibility index (Phi) is 5.90. The highest BCUT2D eigenvalue weighted by molar-refractivity contribution is 6.05. The zero-order valence-electron chi connectivity index (χ0n) is 14.2. The normalized spacial score (nSPS) is 9.96. The molecule has 0 aromatic heterocycles. The second kappa shape index (κ2) is 8.11. The average Bonchev–Trinajstić information content (AvgIpc) is 2.55. The van der Waals surface area contributed by atoms with Gasteiger partial charge < -0.3 is 10.6 Å². The predicted molar refractivity (Wildman–Crippen MR) is 98.3 cm³/mol. The fraction of sp³-hybridized carbons (Fsp3) is 0.200. The second-order valence-electron chi connectivity index (χ2n) is 5.75. The van der Waals surface area contributed by atoms with Gasteiger partial charge in [0, 0.05) is 23.0 Å². The standard InChI is InChI=1S/C20H22N2O2/c1-4-15-7-5-6-8-18(15)22-20(24)16-9-11-17(12-10-16)21-19(23)13-14(2)3/h5-13H,4H2,1-3H3,(H,21,23)(H,22,24). The quantitative estimate of drug-likeness (QED) is 0.801. The van der Waals surface area contributed by atoms with Crippen molar-refractivity contribution in [2.45, 2.75) is 27.2 Å². The number of para-hydroxylation sites is 1. The Labute approximate surface area is 142 Å². The second-order valence-corrected chi connectivity index (χ2v) is 5.75. The van der Waals surface area contributed by atoms with Crippen LogP contribution in [0.15, 0.2) is 60.2 Å². The van der Waals surface area contributed by atoms with Crippen LogP contribution in [-0.2, 0) is 11.2 Å². The van der Waals surface area contributed by atoms with Crippen molar-refractivity contribution in [3.63, 3.8) is 0 Å². The summed E-state index contributed by atoms with van der Waals surface area (Å²) in [5.41, 5.74) is 4.05. The SMILES string of the molecule is CCc1ccccc1NC(=O)c1ccc(NC(=O)C=C(C)C)cc1. The molecule has 0 aliphatic rings. The molecule has 0 fully saturated rings. The van der Waals surface area contributed by atoms with Crippen LogP contribution in [0.1, 0.15) is 36.7 Å². The van der Waals surface area contributed by atoms with Gasteiger partial charge in [0.1, 0.15) is 0 Å². The van der Waals surface area contributed by atoms with E-state index in [-0.39, 0.29) is 11.8 Å². The summed E-state index contributed by atoms with van der Waals surface area (Å²) in [6, 6.07) is 14.6. The Bertz CT molecular complexity index is 757. The minimum atomic E-state index is -0.177. The van der Waals surface area contributed by atoms with Crippen molar-refractivity contribution in [1.29, 1.82) is 0 Å². The van der Waals surface area contributed by atoms with E-state index >= 15 is 0 Å². The van der Waals surface area contributed by atoms with Crippen LogP contribution in [0.4, 0.5) is 11.4 Å². The van der Waals surface area contributed by atoms with Crippen LogP contribution in [-0.4, -0.2) is 11.8 Å². The largest absolute Gasteiger partial charge is 0.323 e. The molecule has 0 radical (unpaired) electrons. The maximum absolute atomic E-state index is 12.4. The highest BCUT2D eigenvalue weighted by atomic mass is 16.2. The number of hydrogen-bond acceptors (Lipinski definition) is 2. The maximum Gasteiger partial charge on any atom is 0.255 e. The summed E-state index contributed by atoms with van der Waals surface area (Å²) in [6.07, 6.45) is 2.38. The lowest BCUT2D eigenvalue weighted by molar-refractivity contribution is -0.111. The van der Waals surface area contributed by atoms with Crippen LogP contribution in [0.25, 0.3) is 0 Å². The van der Waals surface area contributed by atoms with Gasteiger partial charge in [-0.05, 0) is 56.2 Å².